The predicted molar refractivity (Wildman–Crippen MR) is 60.6 cm³/mol. The van der Waals surface area contributed by atoms with Gasteiger partial charge in [-0.15, -0.1) is 5.10 Å². The van der Waals surface area contributed by atoms with Crippen LogP contribution in [0.4, 0.5) is 5.82 Å². The number of rotatable bonds is 2. The normalized spacial score (nSPS) is 21.7. The Morgan fingerprint density at radius 1 is 1.53 bits per heavy atom. The minimum absolute atomic E-state index is 0.536. The zero-order valence-electron chi connectivity index (χ0n) is 9.19. The van der Waals surface area contributed by atoms with Crippen molar-refractivity contribution < 1.29 is 0 Å². The van der Waals surface area contributed by atoms with Crippen molar-refractivity contribution in [3.8, 4) is 0 Å². The number of hydrogen-bond acceptors (Lipinski definition) is 4. The van der Waals surface area contributed by atoms with Crippen LogP contribution in [-0.4, -0.2) is 22.8 Å². The zero-order chi connectivity index (χ0) is 10.7. The summed E-state index contributed by atoms with van der Waals surface area (Å²) in [4.78, 5) is 2.33. The van der Waals surface area contributed by atoms with Crippen LogP contribution in [0.1, 0.15) is 31.7 Å². The largest absolute Gasteiger partial charge is 0.352 e. The SMILES string of the molecule is CC1CCCCN1c1nnccc1CN. The molecule has 4 nitrogen and oxygen atoms in total. The van der Waals surface area contributed by atoms with E-state index in [1.165, 1.54) is 19.3 Å². The Morgan fingerprint density at radius 2 is 2.40 bits per heavy atom. The zero-order valence-corrected chi connectivity index (χ0v) is 9.19. The number of aromatic nitrogens is 2. The second kappa shape index (κ2) is 4.57. The molecule has 15 heavy (non-hydrogen) atoms. The van der Waals surface area contributed by atoms with E-state index in [-0.39, 0.29) is 0 Å². The summed E-state index contributed by atoms with van der Waals surface area (Å²) in [5.74, 6) is 0.979. The molecule has 1 unspecified atom stereocenters. The fourth-order valence-corrected chi connectivity index (χ4v) is 2.16. The monoisotopic (exact) mass is 206 g/mol. The van der Waals surface area contributed by atoms with E-state index in [4.69, 9.17) is 5.73 Å². The van der Waals surface area contributed by atoms with Crippen molar-refractivity contribution in [2.24, 2.45) is 5.73 Å². The topological polar surface area (TPSA) is 55.0 Å². The first-order valence-electron chi connectivity index (χ1n) is 5.60. The van der Waals surface area contributed by atoms with E-state index in [0.717, 1.165) is 17.9 Å². The molecule has 0 amide bonds. The highest BCUT2D eigenvalue weighted by Gasteiger charge is 2.21. The van der Waals surface area contributed by atoms with Crippen molar-refractivity contribution in [1.82, 2.24) is 10.2 Å². The van der Waals surface area contributed by atoms with Crippen molar-refractivity contribution in [3.05, 3.63) is 17.8 Å². The van der Waals surface area contributed by atoms with Crippen molar-refractivity contribution in [3.63, 3.8) is 0 Å². The molecule has 0 aromatic carbocycles. The molecule has 0 spiro atoms. The third-order valence-corrected chi connectivity index (χ3v) is 3.08. The molecule has 0 bridgehead atoms. The molecule has 2 N–H and O–H groups in total. The first-order chi connectivity index (χ1) is 7.33. The maximum absolute atomic E-state index is 5.71. The summed E-state index contributed by atoms with van der Waals surface area (Å²) in [6.45, 7) is 3.86. The Kier molecular flexibility index (Phi) is 3.16. The van der Waals surface area contributed by atoms with E-state index in [1.807, 2.05) is 6.07 Å². The van der Waals surface area contributed by atoms with Crippen LogP contribution in [0.3, 0.4) is 0 Å². The van der Waals surface area contributed by atoms with Crippen LogP contribution in [0.5, 0.6) is 0 Å². The van der Waals surface area contributed by atoms with E-state index in [2.05, 4.69) is 22.0 Å². The van der Waals surface area contributed by atoms with Gasteiger partial charge in [0.2, 0.25) is 0 Å². The molecule has 1 atom stereocenters. The van der Waals surface area contributed by atoms with Crippen LogP contribution in [0, 0.1) is 0 Å². The van der Waals surface area contributed by atoms with Crippen LogP contribution in [-0.2, 0) is 6.54 Å². The molecule has 0 radical (unpaired) electrons. The van der Waals surface area contributed by atoms with Gasteiger partial charge >= 0.3 is 0 Å². The predicted octanol–water partition coefficient (Wildman–Crippen LogP) is 1.31. The van der Waals surface area contributed by atoms with Gasteiger partial charge in [0.05, 0.1) is 6.20 Å². The van der Waals surface area contributed by atoms with Gasteiger partial charge in [0.25, 0.3) is 0 Å². The van der Waals surface area contributed by atoms with Crippen LogP contribution < -0.4 is 10.6 Å². The maximum Gasteiger partial charge on any atom is 0.156 e. The molecule has 0 aliphatic carbocycles. The molecule has 1 saturated heterocycles. The van der Waals surface area contributed by atoms with Gasteiger partial charge in [-0.25, -0.2) is 0 Å². The van der Waals surface area contributed by atoms with E-state index in [1.54, 1.807) is 6.20 Å². The summed E-state index contributed by atoms with van der Waals surface area (Å²) in [6, 6.07) is 2.52. The summed E-state index contributed by atoms with van der Waals surface area (Å²) in [5.41, 5.74) is 6.80. The summed E-state index contributed by atoms with van der Waals surface area (Å²) >= 11 is 0. The standard InChI is InChI=1S/C11H18N4/c1-9-4-2-3-7-15(9)11-10(8-12)5-6-13-14-11/h5-6,9H,2-4,7-8,12H2,1H3. The van der Waals surface area contributed by atoms with Crippen molar-refractivity contribution in [1.29, 1.82) is 0 Å². The number of piperidine rings is 1. The highest BCUT2D eigenvalue weighted by molar-refractivity contribution is 5.46. The van der Waals surface area contributed by atoms with E-state index < -0.39 is 0 Å². The van der Waals surface area contributed by atoms with Crippen LogP contribution >= 0.6 is 0 Å². The molecule has 1 aromatic rings. The number of hydrogen-bond donors (Lipinski definition) is 1. The van der Waals surface area contributed by atoms with Crippen LogP contribution in [0.25, 0.3) is 0 Å². The lowest BCUT2D eigenvalue weighted by molar-refractivity contribution is 0.478. The molecule has 2 heterocycles. The lowest BCUT2D eigenvalue weighted by Crippen LogP contribution is -2.39. The number of nitrogens with zero attached hydrogens (tertiary/aromatic N) is 3. The third-order valence-electron chi connectivity index (χ3n) is 3.08. The third kappa shape index (κ3) is 2.09. The molecule has 82 valence electrons. The minimum atomic E-state index is 0.536. The average Bonchev–Trinajstić information content (AvgIpc) is 2.30. The van der Waals surface area contributed by atoms with Gasteiger partial charge in [0, 0.05) is 24.7 Å². The Bertz CT molecular complexity index is 326. The van der Waals surface area contributed by atoms with Gasteiger partial charge < -0.3 is 10.6 Å². The van der Waals surface area contributed by atoms with Crippen molar-refractivity contribution in [2.75, 3.05) is 11.4 Å². The van der Waals surface area contributed by atoms with Gasteiger partial charge in [-0.3, -0.25) is 0 Å². The second-order valence-electron chi connectivity index (χ2n) is 4.12. The molecule has 4 heteroatoms. The fraction of sp³-hybridized carbons (Fsp3) is 0.636. The Labute approximate surface area is 90.5 Å². The fourth-order valence-electron chi connectivity index (χ4n) is 2.16. The van der Waals surface area contributed by atoms with Crippen LogP contribution in [0.2, 0.25) is 0 Å². The smallest absolute Gasteiger partial charge is 0.156 e. The van der Waals surface area contributed by atoms with Crippen molar-refractivity contribution >= 4 is 5.82 Å². The van der Waals surface area contributed by atoms with E-state index in [9.17, 15) is 0 Å². The van der Waals surface area contributed by atoms with Gasteiger partial charge in [0.15, 0.2) is 5.82 Å². The molecule has 1 aromatic heterocycles. The highest BCUT2D eigenvalue weighted by atomic mass is 15.3. The quantitative estimate of drug-likeness (QED) is 0.792. The number of nitrogens with two attached hydrogens (primary N) is 1. The van der Waals surface area contributed by atoms with Gasteiger partial charge in [-0.05, 0) is 32.3 Å². The van der Waals surface area contributed by atoms with Gasteiger partial charge in [0.1, 0.15) is 0 Å². The molecular formula is C11H18N4. The Balaban J connectivity index is 2.26. The van der Waals surface area contributed by atoms with Gasteiger partial charge in [-0.1, -0.05) is 0 Å². The van der Waals surface area contributed by atoms with Crippen LogP contribution in [0.15, 0.2) is 12.3 Å². The Hall–Kier alpha value is -1.16. The summed E-state index contributed by atoms with van der Waals surface area (Å²) < 4.78 is 0. The number of anilines is 1. The summed E-state index contributed by atoms with van der Waals surface area (Å²) in [7, 11) is 0. The molecule has 1 aliphatic rings. The van der Waals surface area contributed by atoms with E-state index in [0.29, 0.717) is 12.6 Å². The lowest BCUT2D eigenvalue weighted by atomic mass is 10.0. The lowest BCUT2D eigenvalue weighted by Gasteiger charge is -2.35. The minimum Gasteiger partial charge on any atom is -0.352 e. The molecule has 2 rings (SSSR count). The first kappa shape index (κ1) is 10.4. The molecule has 0 saturated carbocycles. The maximum atomic E-state index is 5.71. The van der Waals surface area contributed by atoms with E-state index >= 15 is 0 Å². The Morgan fingerprint density at radius 3 is 3.13 bits per heavy atom. The van der Waals surface area contributed by atoms with Crippen molar-refractivity contribution in [2.45, 2.75) is 38.8 Å². The molecular weight excluding hydrogens is 188 g/mol. The molecule has 1 aliphatic heterocycles. The summed E-state index contributed by atoms with van der Waals surface area (Å²) in [6.07, 6.45) is 5.50. The molecule has 1 fully saturated rings. The average molecular weight is 206 g/mol. The second-order valence-corrected chi connectivity index (χ2v) is 4.12. The summed E-state index contributed by atoms with van der Waals surface area (Å²) in [5, 5.41) is 8.18. The first-order valence-corrected chi connectivity index (χ1v) is 5.60. The van der Waals surface area contributed by atoms with Gasteiger partial charge in [-0.2, -0.15) is 5.10 Å². The highest BCUT2D eigenvalue weighted by Crippen LogP contribution is 2.24.